The Bertz CT molecular complexity index is 430. The lowest BCUT2D eigenvalue weighted by Gasteiger charge is -2.24. The van der Waals surface area contributed by atoms with Crippen molar-refractivity contribution in [2.75, 3.05) is 16.5 Å². The van der Waals surface area contributed by atoms with Crippen LogP contribution in [0.2, 0.25) is 0 Å². The summed E-state index contributed by atoms with van der Waals surface area (Å²) in [5.41, 5.74) is 0.861. The van der Waals surface area contributed by atoms with Crippen molar-refractivity contribution in [3.05, 3.63) is 30.3 Å². The molecule has 1 aliphatic heterocycles. The molecule has 0 radical (unpaired) electrons. The lowest BCUT2D eigenvalue weighted by Crippen LogP contribution is -2.41. The minimum Gasteiger partial charge on any atom is -0.307 e. The van der Waals surface area contributed by atoms with E-state index in [4.69, 9.17) is 5.84 Å². The van der Waals surface area contributed by atoms with E-state index in [0.29, 0.717) is 6.42 Å². The molecule has 4 nitrogen and oxygen atoms in total. The molecule has 0 aliphatic carbocycles. The second-order valence-corrected chi connectivity index (χ2v) is 6.03. The third-order valence-corrected chi connectivity index (χ3v) is 4.41. The Hall–Kier alpha value is -1.07. The number of para-hydroxylation sites is 1. The van der Waals surface area contributed by atoms with Gasteiger partial charge in [0.05, 0.1) is 23.2 Å². The maximum atomic E-state index is 11.3. The molecule has 0 saturated carbocycles. The highest BCUT2D eigenvalue weighted by Gasteiger charge is 2.31. The molecular formula is C10H14N2O2S. The number of hydrogen-bond donors (Lipinski definition) is 1. The third-order valence-electron chi connectivity index (χ3n) is 2.66. The fraction of sp³-hybridized carbons (Fsp3) is 0.400. The van der Waals surface area contributed by atoms with Gasteiger partial charge < -0.3 is 5.01 Å². The molecule has 2 N–H and O–H groups in total. The van der Waals surface area contributed by atoms with E-state index in [1.165, 1.54) is 0 Å². The molecular weight excluding hydrogens is 212 g/mol. The molecule has 0 amide bonds. The smallest absolute Gasteiger partial charge is 0.152 e. The zero-order valence-electron chi connectivity index (χ0n) is 8.33. The van der Waals surface area contributed by atoms with Crippen molar-refractivity contribution in [1.82, 2.24) is 0 Å². The van der Waals surface area contributed by atoms with Gasteiger partial charge in [0.2, 0.25) is 0 Å². The largest absolute Gasteiger partial charge is 0.307 e. The number of benzene rings is 1. The molecule has 0 bridgehead atoms. The van der Waals surface area contributed by atoms with Gasteiger partial charge in [-0.15, -0.1) is 0 Å². The number of anilines is 1. The summed E-state index contributed by atoms with van der Waals surface area (Å²) in [7, 11) is -2.87. The second kappa shape index (κ2) is 3.83. The lowest BCUT2D eigenvalue weighted by atomic mass is 10.2. The summed E-state index contributed by atoms with van der Waals surface area (Å²) in [4.78, 5) is 0. The summed E-state index contributed by atoms with van der Waals surface area (Å²) in [6.07, 6.45) is 0.619. The summed E-state index contributed by atoms with van der Waals surface area (Å²) < 4.78 is 22.6. The standard InChI is InChI=1S/C10H14N2O2S/c11-12(9-4-2-1-3-5-9)10-6-7-15(13,14)8-10/h1-5,10H,6-8,11H2/t10-/m1/s1. The Labute approximate surface area is 89.6 Å². The predicted octanol–water partition coefficient (Wildman–Crippen LogP) is 0.554. The maximum absolute atomic E-state index is 11.3. The lowest BCUT2D eigenvalue weighted by molar-refractivity contribution is 0.600. The normalized spacial score (nSPS) is 23.9. The minimum atomic E-state index is -2.87. The van der Waals surface area contributed by atoms with Gasteiger partial charge in [0, 0.05) is 0 Å². The van der Waals surface area contributed by atoms with Crippen LogP contribution in [0.15, 0.2) is 30.3 Å². The van der Waals surface area contributed by atoms with Crippen LogP contribution in [0.25, 0.3) is 0 Å². The highest BCUT2D eigenvalue weighted by atomic mass is 32.2. The first-order chi connectivity index (χ1) is 7.08. The van der Waals surface area contributed by atoms with Crippen LogP contribution in [0.1, 0.15) is 6.42 Å². The second-order valence-electron chi connectivity index (χ2n) is 3.80. The highest BCUT2D eigenvalue weighted by Crippen LogP contribution is 2.20. The highest BCUT2D eigenvalue weighted by molar-refractivity contribution is 7.91. The van der Waals surface area contributed by atoms with Gasteiger partial charge in [0.25, 0.3) is 0 Å². The molecule has 15 heavy (non-hydrogen) atoms. The van der Waals surface area contributed by atoms with Crippen LogP contribution in [0, 0.1) is 0 Å². The summed E-state index contributed by atoms with van der Waals surface area (Å²) in [5.74, 6) is 6.30. The predicted molar refractivity (Wildman–Crippen MR) is 60.2 cm³/mol. The molecule has 1 heterocycles. The number of nitrogens with zero attached hydrogens (tertiary/aromatic N) is 1. The van der Waals surface area contributed by atoms with Gasteiger partial charge in [0.15, 0.2) is 9.84 Å². The monoisotopic (exact) mass is 226 g/mol. The van der Waals surface area contributed by atoms with Gasteiger partial charge in [-0.05, 0) is 18.6 Å². The zero-order chi connectivity index (χ0) is 10.9. The molecule has 1 aliphatic rings. The first-order valence-electron chi connectivity index (χ1n) is 4.88. The van der Waals surface area contributed by atoms with Crippen molar-refractivity contribution in [2.24, 2.45) is 5.84 Å². The van der Waals surface area contributed by atoms with E-state index in [-0.39, 0.29) is 17.5 Å². The van der Waals surface area contributed by atoms with Crippen LogP contribution in [0.3, 0.4) is 0 Å². The van der Waals surface area contributed by atoms with Crippen molar-refractivity contribution < 1.29 is 8.42 Å². The van der Waals surface area contributed by atoms with Gasteiger partial charge in [-0.2, -0.15) is 0 Å². The SMILES string of the molecule is NN(c1ccccc1)[C@@H]1CCS(=O)(=O)C1. The molecule has 1 fully saturated rings. The molecule has 82 valence electrons. The summed E-state index contributed by atoms with van der Waals surface area (Å²) >= 11 is 0. The van der Waals surface area contributed by atoms with Gasteiger partial charge in [-0.3, -0.25) is 0 Å². The Morgan fingerprint density at radius 1 is 1.27 bits per heavy atom. The van der Waals surface area contributed by atoms with E-state index in [1.54, 1.807) is 5.01 Å². The van der Waals surface area contributed by atoms with Crippen LogP contribution in [0.4, 0.5) is 5.69 Å². The van der Waals surface area contributed by atoms with E-state index >= 15 is 0 Å². The van der Waals surface area contributed by atoms with Crippen LogP contribution in [0.5, 0.6) is 0 Å². The van der Waals surface area contributed by atoms with Crippen molar-refractivity contribution in [3.63, 3.8) is 0 Å². The van der Waals surface area contributed by atoms with Gasteiger partial charge >= 0.3 is 0 Å². The Morgan fingerprint density at radius 2 is 1.93 bits per heavy atom. The van der Waals surface area contributed by atoms with Crippen molar-refractivity contribution in [2.45, 2.75) is 12.5 Å². The van der Waals surface area contributed by atoms with E-state index in [1.807, 2.05) is 30.3 Å². The molecule has 1 aromatic carbocycles. The van der Waals surface area contributed by atoms with Gasteiger partial charge in [-0.25, -0.2) is 14.3 Å². The van der Waals surface area contributed by atoms with Crippen LogP contribution in [-0.4, -0.2) is 26.0 Å². The third kappa shape index (κ3) is 2.30. The van der Waals surface area contributed by atoms with Gasteiger partial charge in [0.1, 0.15) is 0 Å². The van der Waals surface area contributed by atoms with Crippen molar-refractivity contribution in [3.8, 4) is 0 Å². The molecule has 5 heteroatoms. The summed E-state index contributed by atoms with van der Waals surface area (Å²) in [6, 6.07) is 9.35. The Balaban J connectivity index is 2.14. The minimum absolute atomic E-state index is 0.0857. The Morgan fingerprint density at radius 3 is 2.47 bits per heavy atom. The number of rotatable bonds is 2. The van der Waals surface area contributed by atoms with E-state index < -0.39 is 9.84 Å². The summed E-state index contributed by atoms with van der Waals surface area (Å²) in [5, 5.41) is 1.56. The zero-order valence-corrected chi connectivity index (χ0v) is 9.15. The molecule has 1 aromatic rings. The van der Waals surface area contributed by atoms with E-state index in [0.717, 1.165) is 5.69 Å². The average Bonchev–Trinajstić information content (AvgIpc) is 2.59. The van der Waals surface area contributed by atoms with Gasteiger partial charge in [-0.1, -0.05) is 18.2 Å². The van der Waals surface area contributed by atoms with Crippen LogP contribution in [-0.2, 0) is 9.84 Å². The molecule has 2 rings (SSSR count). The summed E-state index contributed by atoms with van der Waals surface area (Å²) in [6.45, 7) is 0. The molecule has 1 saturated heterocycles. The number of nitrogens with two attached hydrogens (primary N) is 1. The van der Waals surface area contributed by atoms with Crippen LogP contribution >= 0.6 is 0 Å². The van der Waals surface area contributed by atoms with Crippen molar-refractivity contribution in [1.29, 1.82) is 0 Å². The quantitative estimate of drug-likeness (QED) is 0.591. The molecule has 0 aromatic heterocycles. The maximum Gasteiger partial charge on any atom is 0.152 e. The molecule has 0 unspecified atom stereocenters. The average molecular weight is 226 g/mol. The van der Waals surface area contributed by atoms with Crippen LogP contribution < -0.4 is 10.9 Å². The molecule has 1 atom stereocenters. The van der Waals surface area contributed by atoms with E-state index in [9.17, 15) is 8.42 Å². The number of sulfone groups is 1. The topological polar surface area (TPSA) is 63.4 Å². The first-order valence-corrected chi connectivity index (χ1v) is 6.70. The molecule has 0 spiro atoms. The van der Waals surface area contributed by atoms with Crippen molar-refractivity contribution >= 4 is 15.5 Å². The van der Waals surface area contributed by atoms with E-state index in [2.05, 4.69) is 0 Å². The number of hydrazine groups is 1. The number of hydrogen-bond acceptors (Lipinski definition) is 4. The first kappa shape index (κ1) is 10.4. The fourth-order valence-electron chi connectivity index (χ4n) is 1.81. The fourth-order valence-corrected chi connectivity index (χ4v) is 3.52. The Kier molecular flexibility index (Phi) is 2.67.